The second-order valence-corrected chi connectivity index (χ2v) is 2.53. The molecule has 0 aliphatic rings. The molecule has 11 heteroatoms. The number of halogens is 10. The van der Waals surface area contributed by atoms with E-state index >= 15 is 0 Å². The molecule has 0 rings (SSSR count). The molecule has 0 saturated carbocycles. The fourth-order valence-electron chi connectivity index (χ4n) is 0.570. The van der Waals surface area contributed by atoms with Crippen LogP contribution < -0.4 is 5.32 Å². The maximum Gasteiger partial charge on any atom is 0.460 e. The van der Waals surface area contributed by atoms with Gasteiger partial charge in [0, 0.05) is 0 Å². The van der Waals surface area contributed by atoms with Crippen LogP contribution in [0.25, 0.3) is 0 Å². The van der Waals surface area contributed by atoms with Crippen molar-refractivity contribution in [3.63, 3.8) is 0 Å². The number of rotatable bonds is 4. The van der Waals surface area contributed by atoms with Crippen molar-refractivity contribution in [3.8, 4) is 0 Å². The Balaban J connectivity index is 5.34. The molecule has 0 unspecified atom stereocenters. The molecule has 0 fully saturated rings. The van der Waals surface area contributed by atoms with Gasteiger partial charge in [0.25, 0.3) is 0 Å². The summed E-state index contributed by atoms with van der Waals surface area (Å²) < 4.78 is 118. The summed E-state index contributed by atoms with van der Waals surface area (Å²) in [4.78, 5) is 0. The van der Waals surface area contributed by atoms with Gasteiger partial charge in [0.1, 0.15) is 6.80 Å². The summed E-state index contributed by atoms with van der Waals surface area (Å²) in [5, 5.41) is -0.0897. The predicted molar refractivity (Wildman–Crippen MR) is 30.0 cm³/mol. The molecule has 0 atom stereocenters. The number of hydrogen-bond donors (Lipinski definition) is 1. The van der Waals surface area contributed by atoms with E-state index in [-0.39, 0.29) is 5.32 Å². The lowest BCUT2D eigenvalue weighted by molar-refractivity contribution is -0.401. The van der Waals surface area contributed by atoms with E-state index in [0.29, 0.717) is 0 Å². The van der Waals surface area contributed by atoms with E-state index in [4.69, 9.17) is 0 Å². The highest BCUT2D eigenvalue weighted by molar-refractivity contribution is 4.98. The van der Waals surface area contributed by atoms with Gasteiger partial charge in [0.05, 0.1) is 0 Å². The van der Waals surface area contributed by atoms with Gasteiger partial charge in [-0.05, 0) is 0 Å². The third-order valence-corrected chi connectivity index (χ3v) is 1.43. The maximum atomic E-state index is 12.2. The first-order valence-corrected chi connectivity index (χ1v) is 3.32. The van der Waals surface area contributed by atoms with Crippen LogP contribution in [0.3, 0.4) is 0 Å². The smallest absolute Gasteiger partial charge is 0.234 e. The van der Waals surface area contributed by atoms with Crippen molar-refractivity contribution in [1.29, 1.82) is 0 Å². The molecule has 1 nitrogen and oxygen atoms in total. The van der Waals surface area contributed by atoms with E-state index in [0.717, 1.165) is 0 Å². The van der Waals surface area contributed by atoms with Gasteiger partial charge in [-0.2, -0.15) is 39.5 Å². The fraction of sp³-hybridized carbons (Fsp3) is 1.00. The van der Waals surface area contributed by atoms with Gasteiger partial charge in [-0.25, -0.2) is 9.71 Å². The average Bonchev–Trinajstić information content (AvgIpc) is 2.01. The van der Waals surface area contributed by atoms with E-state index in [1.165, 1.54) is 0 Å². The minimum Gasteiger partial charge on any atom is -0.234 e. The Morgan fingerprint density at radius 3 is 1.31 bits per heavy atom. The molecule has 16 heavy (non-hydrogen) atoms. The fourth-order valence-corrected chi connectivity index (χ4v) is 0.570. The molecule has 0 saturated heterocycles. The highest BCUT2D eigenvalue weighted by Gasteiger charge is 2.81. The lowest BCUT2D eigenvalue weighted by Crippen LogP contribution is -2.65. The molecule has 0 amide bonds. The van der Waals surface area contributed by atoms with Crippen molar-refractivity contribution in [2.45, 2.75) is 24.1 Å². The molecular formula is C5H3F10N. The summed E-state index contributed by atoms with van der Waals surface area (Å²) in [6, 6.07) is -6.04. The standard InChI is InChI=1S/C5H3F10N/c6-1-16-5(14,15)3(9,10)2(7,8)4(11,12)13/h16H,1H2. The molecule has 0 aromatic rings. The van der Waals surface area contributed by atoms with E-state index in [2.05, 4.69) is 0 Å². The zero-order valence-corrected chi connectivity index (χ0v) is 6.99. The molecule has 0 aromatic carbocycles. The maximum absolute atomic E-state index is 12.2. The van der Waals surface area contributed by atoms with Crippen molar-refractivity contribution in [1.82, 2.24) is 5.32 Å². The van der Waals surface area contributed by atoms with Crippen molar-refractivity contribution in [2.75, 3.05) is 6.80 Å². The second-order valence-electron chi connectivity index (χ2n) is 2.53. The van der Waals surface area contributed by atoms with Gasteiger partial charge >= 0.3 is 24.1 Å². The zero-order valence-electron chi connectivity index (χ0n) is 6.99. The average molecular weight is 267 g/mol. The summed E-state index contributed by atoms with van der Waals surface area (Å²) in [7, 11) is 0. The Labute approximate surface area is 81.4 Å². The van der Waals surface area contributed by atoms with Crippen LogP contribution in [-0.2, 0) is 0 Å². The summed E-state index contributed by atoms with van der Waals surface area (Å²) in [6.07, 6.45) is -6.89. The molecule has 98 valence electrons. The molecule has 0 heterocycles. The molecule has 0 aromatic heterocycles. The Morgan fingerprint density at radius 2 is 1.06 bits per heavy atom. The topological polar surface area (TPSA) is 12.0 Å². The van der Waals surface area contributed by atoms with Crippen LogP contribution in [0.5, 0.6) is 0 Å². The molecule has 0 spiro atoms. The van der Waals surface area contributed by atoms with E-state index in [1.807, 2.05) is 0 Å². The Hall–Kier alpha value is -0.740. The quantitative estimate of drug-likeness (QED) is 0.610. The first-order chi connectivity index (χ1) is 6.81. The summed E-state index contributed by atoms with van der Waals surface area (Å²) in [6.45, 7) is -2.41. The third-order valence-electron chi connectivity index (χ3n) is 1.43. The second kappa shape index (κ2) is 3.93. The van der Waals surface area contributed by atoms with Crippen molar-refractivity contribution < 1.29 is 43.9 Å². The van der Waals surface area contributed by atoms with Crippen LogP contribution in [-0.4, -0.2) is 30.9 Å². The lowest BCUT2D eigenvalue weighted by Gasteiger charge is -2.33. The summed E-state index contributed by atoms with van der Waals surface area (Å²) >= 11 is 0. The number of alkyl halides is 10. The molecule has 0 bridgehead atoms. The summed E-state index contributed by atoms with van der Waals surface area (Å²) in [5.74, 6) is -13.8. The van der Waals surface area contributed by atoms with Gasteiger partial charge in [0.2, 0.25) is 0 Å². The van der Waals surface area contributed by atoms with Crippen LogP contribution in [0.4, 0.5) is 43.9 Å². The first kappa shape index (κ1) is 15.3. The van der Waals surface area contributed by atoms with Crippen LogP contribution in [0.15, 0.2) is 0 Å². The van der Waals surface area contributed by atoms with Crippen molar-refractivity contribution in [3.05, 3.63) is 0 Å². The van der Waals surface area contributed by atoms with Crippen LogP contribution >= 0.6 is 0 Å². The normalized spacial score (nSPS) is 15.4. The van der Waals surface area contributed by atoms with Crippen LogP contribution in [0, 0.1) is 0 Å². The number of nitrogens with one attached hydrogen (secondary N) is 1. The number of hydrogen-bond acceptors (Lipinski definition) is 1. The highest BCUT2D eigenvalue weighted by Crippen LogP contribution is 2.52. The Bertz CT molecular complexity index is 242. The van der Waals surface area contributed by atoms with Crippen molar-refractivity contribution >= 4 is 0 Å². The summed E-state index contributed by atoms with van der Waals surface area (Å²) in [5.41, 5.74) is 0. The van der Waals surface area contributed by atoms with Gasteiger partial charge in [0.15, 0.2) is 0 Å². The minimum absolute atomic E-state index is 0.0897. The van der Waals surface area contributed by atoms with E-state index in [1.54, 1.807) is 0 Å². The van der Waals surface area contributed by atoms with Gasteiger partial charge in [-0.15, -0.1) is 0 Å². The monoisotopic (exact) mass is 267 g/mol. The van der Waals surface area contributed by atoms with Gasteiger partial charge in [-0.3, -0.25) is 0 Å². The molecule has 0 aliphatic heterocycles. The zero-order chi connectivity index (χ0) is 13.4. The molecule has 0 radical (unpaired) electrons. The predicted octanol–water partition coefficient (Wildman–Crippen LogP) is 2.93. The Kier molecular flexibility index (Phi) is 3.75. The van der Waals surface area contributed by atoms with E-state index < -0.39 is 30.9 Å². The van der Waals surface area contributed by atoms with Gasteiger partial charge in [-0.1, -0.05) is 0 Å². The SMILES string of the molecule is FCNC(F)(F)C(F)(F)C(F)(F)C(F)(F)F. The van der Waals surface area contributed by atoms with Gasteiger partial charge < -0.3 is 0 Å². The highest BCUT2D eigenvalue weighted by atomic mass is 19.4. The van der Waals surface area contributed by atoms with Crippen LogP contribution in [0.1, 0.15) is 0 Å². The Morgan fingerprint density at radius 1 is 0.688 bits per heavy atom. The van der Waals surface area contributed by atoms with E-state index in [9.17, 15) is 43.9 Å². The lowest BCUT2D eigenvalue weighted by atomic mass is 10.1. The van der Waals surface area contributed by atoms with Crippen LogP contribution in [0.2, 0.25) is 0 Å². The molecule has 0 aliphatic carbocycles. The minimum atomic E-state index is -6.99. The van der Waals surface area contributed by atoms with Crippen molar-refractivity contribution in [2.24, 2.45) is 0 Å². The first-order valence-electron chi connectivity index (χ1n) is 3.32. The largest absolute Gasteiger partial charge is 0.460 e. The molecule has 1 N–H and O–H groups in total. The third kappa shape index (κ3) is 2.18. The molecular weight excluding hydrogens is 264 g/mol.